The van der Waals surface area contributed by atoms with Crippen molar-refractivity contribution in [3.8, 4) is 0 Å². The van der Waals surface area contributed by atoms with Crippen LogP contribution in [0.1, 0.15) is 5.82 Å². The summed E-state index contributed by atoms with van der Waals surface area (Å²) in [7, 11) is 1.37. The van der Waals surface area contributed by atoms with Crippen LogP contribution in [0.4, 0.5) is 13.2 Å². The van der Waals surface area contributed by atoms with Gasteiger partial charge in [0, 0.05) is 7.11 Å². The smallest absolute Gasteiger partial charge is 0.377 e. The number of methoxy groups -OCH3 is 1. The van der Waals surface area contributed by atoms with E-state index in [1.54, 1.807) is 0 Å². The van der Waals surface area contributed by atoms with Crippen molar-refractivity contribution in [2.75, 3.05) is 7.11 Å². The highest BCUT2D eigenvalue weighted by atomic mass is 32.1. The molecule has 8 heteroatoms. The van der Waals surface area contributed by atoms with E-state index in [9.17, 15) is 13.2 Å². The Hall–Kier alpha value is -0.890. The molecule has 0 radical (unpaired) electrons. The van der Waals surface area contributed by atoms with E-state index in [1.165, 1.54) is 7.11 Å². The summed E-state index contributed by atoms with van der Waals surface area (Å²) < 4.78 is 41.7. The van der Waals surface area contributed by atoms with Crippen LogP contribution in [0.2, 0.25) is 0 Å². The van der Waals surface area contributed by atoms with Gasteiger partial charge >= 0.3 is 6.18 Å². The minimum atomic E-state index is -4.31. The highest BCUT2D eigenvalue weighted by molar-refractivity contribution is 7.71. The van der Waals surface area contributed by atoms with E-state index in [0.717, 1.165) is 4.57 Å². The standard InChI is InChI=1S/C6H8F3N3OS/c1-13-2-4-10-11-5(14)12(4)3-6(7,8)9/h2-3H2,1H3,(H,11,14). The lowest BCUT2D eigenvalue weighted by Crippen LogP contribution is -2.19. The number of ether oxygens (including phenoxy) is 1. The lowest BCUT2D eigenvalue weighted by Gasteiger charge is -2.08. The Morgan fingerprint density at radius 3 is 2.71 bits per heavy atom. The summed E-state index contributed by atoms with van der Waals surface area (Å²) in [6.45, 7) is -1.16. The van der Waals surface area contributed by atoms with Gasteiger partial charge in [0.25, 0.3) is 0 Å². The lowest BCUT2D eigenvalue weighted by atomic mass is 10.5. The van der Waals surface area contributed by atoms with Gasteiger partial charge in [-0.2, -0.15) is 18.3 Å². The predicted octanol–water partition coefficient (Wildman–Crippen LogP) is 1.65. The molecule has 0 aliphatic carbocycles. The fourth-order valence-corrected chi connectivity index (χ4v) is 1.15. The molecule has 0 amide bonds. The minimum Gasteiger partial charge on any atom is -0.377 e. The Morgan fingerprint density at radius 1 is 1.57 bits per heavy atom. The van der Waals surface area contributed by atoms with E-state index in [2.05, 4.69) is 27.2 Å². The molecule has 0 aliphatic rings. The van der Waals surface area contributed by atoms with Crippen LogP contribution in [0, 0.1) is 4.77 Å². The highest BCUT2D eigenvalue weighted by Crippen LogP contribution is 2.18. The summed E-state index contributed by atoms with van der Waals surface area (Å²) in [5.41, 5.74) is 0. The number of hydrogen-bond donors (Lipinski definition) is 1. The monoisotopic (exact) mass is 227 g/mol. The molecule has 4 nitrogen and oxygen atoms in total. The zero-order chi connectivity index (χ0) is 10.8. The van der Waals surface area contributed by atoms with Crippen molar-refractivity contribution in [1.82, 2.24) is 14.8 Å². The number of alkyl halides is 3. The molecule has 0 saturated heterocycles. The third-order valence-electron chi connectivity index (χ3n) is 1.45. The molecular weight excluding hydrogens is 219 g/mol. The Morgan fingerprint density at radius 2 is 2.21 bits per heavy atom. The van der Waals surface area contributed by atoms with E-state index in [-0.39, 0.29) is 17.2 Å². The second kappa shape index (κ2) is 4.09. The summed E-state index contributed by atoms with van der Waals surface area (Å²) >= 11 is 4.64. The molecule has 1 aromatic heterocycles. The Bertz CT molecular complexity index is 356. The Kier molecular flexibility index (Phi) is 3.27. The van der Waals surface area contributed by atoms with Gasteiger partial charge in [0.05, 0.1) is 0 Å². The lowest BCUT2D eigenvalue weighted by molar-refractivity contribution is -0.141. The molecule has 80 valence electrons. The average molecular weight is 227 g/mol. The van der Waals surface area contributed by atoms with Gasteiger partial charge in [-0.3, -0.25) is 9.67 Å². The molecule has 1 heterocycles. The summed E-state index contributed by atoms with van der Waals surface area (Å²) in [5.74, 6) is 0.134. The number of halogens is 3. The van der Waals surface area contributed by atoms with Gasteiger partial charge in [-0.25, -0.2) is 0 Å². The first-order valence-corrected chi connectivity index (χ1v) is 4.04. The van der Waals surface area contributed by atoms with Gasteiger partial charge in [0.15, 0.2) is 10.6 Å². The molecule has 0 aliphatic heterocycles. The Labute approximate surface area is 82.7 Å². The van der Waals surface area contributed by atoms with Crippen LogP contribution >= 0.6 is 12.2 Å². The predicted molar refractivity (Wildman–Crippen MR) is 44.2 cm³/mol. The number of aromatic amines is 1. The van der Waals surface area contributed by atoms with Crippen molar-refractivity contribution in [3.63, 3.8) is 0 Å². The summed E-state index contributed by atoms with van der Waals surface area (Å²) in [4.78, 5) is 0. The van der Waals surface area contributed by atoms with E-state index in [0.29, 0.717) is 0 Å². The van der Waals surface area contributed by atoms with Crippen LogP contribution in [0.5, 0.6) is 0 Å². The second-order valence-electron chi connectivity index (χ2n) is 2.58. The molecular formula is C6H8F3N3OS. The first kappa shape index (κ1) is 11.2. The van der Waals surface area contributed by atoms with E-state index in [4.69, 9.17) is 0 Å². The van der Waals surface area contributed by atoms with Crippen LogP contribution in [-0.2, 0) is 17.9 Å². The number of nitrogens with one attached hydrogen (secondary N) is 1. The molecule has 0 spiro atoms. The molecule has 1 rings (SSSR count). The number of H-pyrrole nitrogens is 1. The number of nitrogens with zero attached hydrogens (tertiary/aromatic N) is 2. The zero-order valence-corrected chi connectivity index (χ0v) is 8.08. The summed E-state index contributed by atoms with van der Waals surface area (Å²) in [5, 5.41) is 5.89. The number of hydrogen-bond acceptors (Lipinski definition) is 3. The van der Waals surface area contributed by atoms with Gasteiger partial charge in [0.2, 0.25) is 0 Å². The van der Waals surface area contributed by atoms with Gasteiger partial charge in [0.1, 0.15) is 13.2 Å². The maximum Gasteiger partial charge on any atom is 0.406 e. The topological polar surface area (TPSA) is 42.8 Å². The van der Waals surface area contributed by atoms with Crippen molar-refractivity contribution >= 4 is 12.2 Å². The van der Waals surface area contributed by atoms with Gasteiger partial charge in [-0.1, -0.05) is 0 Å². The summed E-state index contributed by atoms with van der Waals surface area (Å²) in [6.07, 6.45) is -4.31. The molecule has 0 atom stereocenters. The third kappa shape index (κ3) is 2.81. The van der Waals surface area contributed by atoms with Crippen LogP contribution < -0.4 is 0 Å². The zero-order valence-electron chi connectivity index (χ0n) is 7.26. The summed E-state index contributed by atoms with van der Waals surface area (Å²) in [6, 6.07) is 0. The minimum absolute atomic E-state index is 0.0107. The molecule has 1 N–H and O–H groups in total. The van der Waals surface area contributed by atoms with Crippen LogP contribution in [0.15, 0.2) is 0 Å². The molecule has 0 saturated carbocycles. The van der Waals surface area contributed by atoms with Crippen molar-refractivity contribution in [1.29, 1.82) is 0 Å². The second-order valence-corrected chi connectivity index (χ2v) is 2.97. The maximum absolute atomic E-state index is 12.1. The van der Waals surface area contributed by atoms with Gasteiger partial charge < -0.3 is 4.74 Å². The SMILES string of the molecule is COCc1n[nH]c(=S)n1CC(F)(F)F. The molecule has 0 fully saturated rings. The van der Waals surface area contributed by atoms with Crippen LogP contribution in [0.25, 0.3) is 0 Å². The largest absolute Gasteiger partial charge is 0.406 e. The fraction of sp³-hybridized carbons (Fsp3) is 0.667. The van der Waals surface area contributed by atoms with Gasteiger partial charge in [-0.15, -0.1) is 0 Å². The third-order valence-corrected chi connectivity index (χ3v) is 1.76. The molecule has 1 aromatic rings. The molecule has 14 heavy (non-hydrogen) atoms. The number of aromatic nitrogens is 3. The number of rotatable bonds is 3. The molecule has 0 aromatic carbocycles. The fourth-order valence-electron chi connectivity index (χ4n) is 0.932. The quantitative estimate of drug-likeness (QED) is 0.798. The van der Waals surface area contributed by atoms with Crippen molar-refractivity contribution in [2.24, 2.45) is 0 Å². The van der Waals surface area contributed by atoms with Crippen LogP contribution in [0.3, 0.4) is 0 Å². The molecule has 0 bridgehead atoms. The van der Waals surface area contributed by atoms with E-state index < -0.39 is 12.7 Å². The first-order chi connectivity index (χ1) is 6.44. The van der Waals surface area contributed by atoms with E-state index in [1.807, 2.05) is 0 Å². The van der Waals surface area contributed by atoms with Crippen molar-refractivity contribution in [2.45, 2.75) is 19.3 Å². The first-order valence-electron chi connectivity index (χ1n) is 3.64. The normalized spacial score (nSPS) is 12.0. The van der Waals surface area contributed by atoms with Crippen molar-refractivity contribution in [3.05, 3.63) is 10.6 Å². The maximum atomic E-state index is 12.1. The van der Waals surface area contributed by atoms with Gasteiger partial charge in [-0.05, 0) is 12.2 Å². The van der Waals surface area contributed by atoms with Crippen LogP contribution in [-0.4, -0.2) is 28.1 Å². The van der Waals surface area contributed by atoms with Crippen molar-refractivity contribution < 1.29 is 17.9 Å². The molecule has 0 unspecified atom stereocenters. The highest BCUT2D eigenvalue weighted by Gasteiger charge is 2.29. The Balaban J connectivity index is 2.94. The average Bonchev–Trinajstić information content (AvgIpc) is 2.34. The van der Waals surface area contributed by atoms with E-state index >= 15 is 0 Å².